The number of nitrogens with zero attached hydrogens (tertiary/aromatic N) is 1. The standard InChI is InChI=1S/C27H24NP/c1-21-12-11-13-22(2)27(21)28-20-23-14-9-10-19-26(23)29(24-15-5-3-6-16-24)25-17-7-4-8-18-25/h3-20H,1-2H3. The Kier molecular flexibility index (Phi) is 5.98. The minimum Gasteiger partial charge on any atom is -0.256 e. The van der Waals surface area contributed by atoms with E-state index in [0.29, 0.717) is 0 Å². The van der Waals surface area contributed by atoms with Crippen molar-refractivity contribution >= 4 is 35.7 Å². The summed E-state index contributed by atoms with van der Waals surface area (Å²) >= 11 is 0. The van der Waals surface area contributed by atoms with Gasteiger partial charge < -0.3 is 0 Å². The number of para-hydroxylation sites is 1. The molecule has 0 aromatic heterocycles. The van der Waals surface area contributed by atoms with E-state index < -0.39 is 7.92 Å². The molecule has 0 N–H and O–H groups in total. The number of rotatable bonds is 5. The first-order valence-corrected chi connectivity index (χ1v) is 11.2. The van der Waals surface area contributed by atoms with E-state index in [1.54, 1.807) is 0 Å². The molecular weight excluding hydrogens is 369 g/mol. The van der Waals surface area contributed by atoms with Gasteiger partial charge in [0.1, 0.15) is 0 Å². The van der Waals surface area contributed by atoms with E-state index in [4.69, 9.17) is 4.99 Å². The fourth-order valence-corrected chi connectivity index (χ4v) is 5.95. The number of benzene rings is 4. The van der Waals surface area contributed by atoms with Gasteiger partial charge in [0.2, 0.25) is 0 Å². The first-order chi connectivity index (χ1) is 14.2. The molecule has 2 heteroatoms. The van der Waals surface area contributed by atoms with Crippen molar-refractivity contribution in [2.24, 2.45) is 4.99 Å². The lowest BCUT2D eigenvalue weighted by Gasteiger charge is -2.21. The molecule has 4 rings (SSSR count). The van der Waals surface area contributed by atoms with Crippen molar-refractivity contribution in [3.8, 4) is 0 Å². The predicted octanol–water partition coefficient (Wildman–Crippen LogP) is 5.81. The smallest absolute Gasteiger partial charge is 0.0688 e. The van der Waals surface area contributed by atoms with Gasteiger partial charge in [-0.25, -0.2) is 0 Å². The first kappa shape index (κ1) is 19.3. The molecule has 0 bridgehead atoms. The zero-order valence-electron chi connectivity index (χ0n) is 16.8. The van der Waals surface area contributed by atoms with Crippen molar-refractivity contribution in [3.63, 3.8) is 0 Å². The molecular formula is C27H24NP. The lowest BCUT2D eigenvalue weighted by molar-refractivity contribution is 1.33. The Bertz CT molecular complexity index is 1060. The molecule has 0 heterocycles. The molecule has 4 aromatic carbocycles. The molecule has 4 aromatic rings. The number of hydrogen-bond donors (Lipinski definition) is 0. The van der Waals surface area contributed by atoms with Gasteiger partial charge in [-0.15, -0.1) is 0 Å². The van der Waals surface area contributed by atoms with E-state index >= 15 is 0 Å². The highest BCUT2D eigenvalue weighted by atomic mass is 31.1. The van der Waals surface area contributed by atoms with Gasteiger partial charge in [-0.05, 0) is 48.8 Å². The summed E-state index contributed by atoms with van der Waals surface area (Å²) in [5.74, 6) is 0. The molecule has 0 amide bonds. The second-order valence-electron chi connectivity index (χ2n) is 7.06. The average Bonchev–Trinajstić information content (AvgIpc) is 2.76. The molecule has 0 aliphatic carbocycles. The van der Waals surface area contributed by atoms with E-state index in [1.165, 1.54) is 32.6 Å². The van der Waals surface area contributed by atoms with Crippen molar-refractivity contribution in [2.75, 3.05) is 0 Å². The average molecular weight is 393 g/mol. The summed E-state index contributed by atoms with van der Waals surface area (Å²) in [5.41, 5.74) is 4.64. The maximum Gasteiger partial charge on any atom is 0.0688 e. The normalized spacial score (nSPS) is 11.3. The Morgan fingerprint density at radius 1 is 0.586 bits per heavy atom. The Labute approximate surface area is 174 Å². The van der Waals surface area contributed by atoms with E-state index in [1.807, 2.05) is 6.21 Å². The van der Waals surface area contributed by atoms with Crippen LogP contribution in [0.25, 0.3) is 0 Å². The predicted molar refractivity (Wildman–Crippen MR) is 128 cm³/mol. The zero-order chi connectivity index (χ0) is 20.1. The molecule has 0 fully saturated rings. The molecule has 1 nitrogen and oxygen atoms in total. The number of aliphatic imine (C=N–C) groups is 1. The van der Waals surface area contributed by atoms with E-state index in [2.05, 4.69) is 117 Å². The highest BCUT2D eigenvalue weighted by molar-refractivity contribution is 7.80. The van der Waals surface area contributed by atoms with E-state index in [-0.39, 0.29) is 0 Å². The summed E-state index contributed by atoms with van der Waals surface area (Å²) < 4.78 is 0. The molecule has 0 saturated carbocycles. The molecule has 0 aliphatic rings. The Morgan fingerprint density at radius 2 is 1.10 bits per heavy atom. The lowest BCUT2D eigenvalue weighted by Crippen LogP contribution is -2.23. The summed E-state index contributed by atoms with van der Waals surface area (Å²) in [6.45, 7) is 4.23. The zero-order valence-corrected chi connectivity index (χ0v) is 17.7. The van der Waals surface area contributed by atoms with Crippen LogP contribution in [0.1, 0.15) is 16.7 Å². The van der Waals surface area contributed by atoms with Crippen LogP contribution in [0.15, 0.2) is 108 Å². The highest BCUT2D eigenvalue weighted by Crippen LogP contribution is 2.34. The van der Waals surface area contributed by atoms with Crippen LogP contribution in [0.3, 0.4) is 0 Å². The minimum atomic E-state index is -0.654. The summed E-state index contributed by atoms with van der Waals surface area (Å²) in [4.78, 5) is 4.89. The molecule has 0 atom stereocenters. The van der Waals surface area contributed by atoms with E-state index in [0.717, 1.165) is 5.69 Å². The van der Waals surface area contributed by atoms with Crippen LogP contribution in [0.2, 0.25) is 0 Å². The van der Waals surface area contributed by atoms with Gasteiger partial charge in [-0.3, -0.25) is 4.99 Å². The number of aryl methyl sites for hydroxylation is 2. The molecule has 0 saturated heterocycles. The molecule has 0 spiro atoms. The molecule has 0 aliphatic heterocycles. The second-order valence-corrected chi connectivity index (χ2v) is 9.25. The summed E-state index contributed by atoms with van der Waals surface area (Å²) in [7, 11) is -0.654. The monoisotopic (exact) mass is 393 g/mol. The van der Waals surface area contributed by atoms with Crippen molar-refractivity contribution in [2.45, 2.75) is 13.8 Å². The van der Waals surface area contributed by atoms with Crippen LogP contribution in [0.4, 0.5) is 5.69 Å². The third-order valence-electron chi connectivity index (χ3n) is 4.98. The third-order valence-corrected chi connectivity index (χ3v) is 7.50. The van der Waals surface area contributed by atoms with Gasteiger partial charge in [-0.1, -0.05) is 103 Å². The van der Waals surface area contributed by atoms with Crippen LogP contribution in [-0.2, 0) is 0 Å². The van der Waals surface area contributed by atoms with Crippen LogP contribution >= 0.6 is 7.92 Å². The van der Waals surface area contributed by atoms with Crippen molar-refractivity contribution in [1.82, 2.24) is 0 Å². The second kappa shape index (κ2) is 8.99. The SMILES string of the molecule is Cc1cccc(C)c1N=Cc1ccccc1P(c1ccccc1)c1ccccc1. The fourth-order valence-electron chi connectivity index (χ4n) is 3.53. The van der Waals surface area contributed by atoms with Gasteiger partial charge in [0.05, 0.1) is 5.69 Å². The molecule has 29 heavy (non-hydrogen) atoms. The first-order valence-electron chi connectivity index (χ1n) is 9.83. The van der Waals surface area contributed by atoms with Crippen LogP contribution in [0, 0.1) is 13.8 Å². The Morgan fingerprint density at radius 3 is 1.69 bits per heavy atom. The largest absolute Gasteiger partial charge is 0.256 e. The van der Waals surface area contributed by atoms with E-state index in [9.17, 15) is 0 Å². The Balaban J connectivity index is 1.82. The fraction of sp³-hybridized carbons (Fsp3) is 0.0741. The lowest BCUT2D eigenvalue weighted by atomic mass is 10.1. The quantitative estimate of drug-likeness (QED) is 0.300. The van der Waals surface area contributed by atoms with Gasteiger partial charge in [0.25, 0.3) is 0 Å². The topological polar surface area (TPSA) is 12.4 Å². The maximum absolute atomic E-state index is 4.89. The van der Waals surface area contributed by atoms with Crippen molar-refractivity contribution < 1.29 is 0 Å². The van der Waals surface area contributed by atoms with Crippen molar-refractivity contribution in [3.05, 3.63) is 120 Å². The van der Waals surface area contributed by atoms with Gasteiger partial charge in [0, 0.05) is 11.8 Å². The summed E-state index contributed by atoms with van der Waals surface area (Å²) in [6.07, 6.45) is 2.03. The van der Waals surface area contributed by atoms with Gasteiger partial charge >= 0.3 is 0 Å². The number of hydrogen-bond acceptors (Lipinski definition) is 1. The highest BCUT2D eigenvalue weighted by Gasteiger charge is 2.18. The third kappa shape index (κ3) is 4.36. The van der Waals surface area contributed by atoms with Crippen LogP contribution < -0.4 is 15.9 Å². The maximum atomic E-state index is 4.89. The minimum absolute atomic E-state index is 0.654. The summed E-state index contributed by atoms with van der Waals surface area (Å²) in [6, 6.07) is 36.6. The van der Waals surface area contributed by atoms with Gasteiger partial charge in [0.15, 0.2) is 0 Å². The molecule has 0 radical (unpaired) electrons. The van der Waals surface area contributed by atoms with Crippen molar-refractivity contribution in [1.29, 1.82) is 0 Å². The van der Waals surface area contributed by atoms with Crippen LogP contribution in [-0.4, -0.2) is 6.21 Å². The summed E-state index contributed by atoms with van der Waals surface area (Å²) in [5, 5.41) is 4.03. The van der Waals surface area contributed by atoms with Crippen LogP contribution in [0.5, 0.6) is 0 Å². The Hall–Kier alpha value is -3.02. The molecule has 142 valence electrons. The van der Waals surface area contributed by atoms with Gasteiger partial charge in [-0.2, -0.15) is 0 Å². The molecule has 0 unspecified atom stereocenters.